The second kappa shape index (κ2) is 6.36. The van der Waals surface area contributed by atoms with Crippen LogP contribution in [0.1, 0.15) is 31.8 Å². The third-order valence-corrected chi connectivity index (χ3v) is 3.89. The van der Waals surface area contributed by atoms with E-state index in [2.05, 4.69) is 23.8 Å². The molecule has 0 atom stereocenters. The van der Waals surface area contributed by atoms with Crippen molar-refractivity contribution in [3.8, 4) is 17.1 Å². The molecule has 23 heavy (non-hydrogen) atoms. The maximum atomic E-state index is 5.63. The van der Waals surface area contributed by atoms with Crippen LogP contribution in [0.5, 0.6) is 5.75 Å². The molecular weight excluding hydrogens is 290 g/mol. The molecule has 3 rings (SSSR count). The van der Waals surface area contributed by atoms with Crippen molar-refractivity contribution in [2.24, 2.45) is 5.92 Å². The zero-order chi connectivity index (χ0) is 16.4. The zero-order valence-electron chi connectivity index (χ0n) is 14.0. The van der Waals surface area contributed by atoms with E-state index in [1.807, 2.05) is 19.1 Å². The van der Waals surface area contributed by atoms with Gasteiger partial charge in [-0.05, 0) is 31.4 Å². The van der Waals surface area contributed by atoms with Crippen LogP contribution in [-0.4, -0.2) is 22.1 Å². The number of ether oxygens (including phenoxy) is 1. The van der Waals surface area contributed by atoms with Gasteiger partial charge in [0.05, 0.1) is 35.5 Å². The number of aromatic nitrogens is 3. The molecule has 2 heterocycles. The van der Waals surface area contributed by atoms with Crippen LogP contribution in [0, 0.1) is 12.8 Å². The molecule has 3 aromatic rings. The van der Waals surface area contributed by atoms with Gasteiger partial charge in [-0.3, -0.25) is 0 Å². The molecule has 120 valence electrons. The summed E-state index contributed by atoms with van der Waals surface area (Å²) in [5, 5.41) is 0.926. The molecule has 0 aliphatic rings. The van der Waals surface area contributed by atoms with Gasteiger partial charge < -0.3 is 9.15 Å². The summed E-state index contributed by atoms with van der Waals surface area (Å²) in [5.74, 6) is 2.93. The van der Waals surface area contributed by atoms with E-state index in [0.29, 0.717) is 11.7 Å². The third kappa shape index (κ3) is 3.04. The van der Waals surface area contributed by atoms with Gasteiger partial charge in [0, 0.05) is 6.42 Å². The Kier molecular flexibility index (Phi) is 4.28. The predicted octanol–water partition coefficient (Wildman–Crippen LogP) is 4.19. The Labute approximate surface area is 135 Å². The van der Waals surface area contributed by atoms with Crippen LogP contribution in [0.2, 0.25) is 0 Å². The van der Waals surface area contributed by atoms with Crippen molar-refractivity contribution >= 4 is 10.9 Å². The van der Waals surface area contributed by atoms with Crippen LogP contribution >= 0.6 is 0 Å². The SMILES string of the molecule is COc1c(-c2cnco2)ccc2nc(CCC(C)C)nc(C)c12. The highest BCUT2D eigenvalue weighted by Gasteiger charge is 2.16. The van der Waals surface area contributed by atoms with Crippen LogP contribution in [0.4, 0.5) is 0 Å². The Bertz CT molecular complexity index is 811. The van der Waals surface area contributed by atoms with Crippen molar-refractivity contribution in [1.29, 1.82) is 0 Å². The normalized spacial score (nSPS) is 11.3. The van der Waals surface area contributed by atoms with Crippen molar-refractivity contribution in [3.63, 3.8) is 0 Å². The molecule has 5 nitrogen and oxygen atoms in total. The van der Waals surface area contributed by atoms with Crippen LogP contribution in [0.25, 0.3) is 22.2 Å². The van der Waals surface area contributed by atoms with Gasteiger partial charge in [-0.15, -0.1) is 0 Å². The van der Waals surface area contributed by atoms with Gasteiger partial charge in [0.1, 0.15) is 11.6 Å². The van der Waals surface area contributed by atoms with Gasteiger partial charge in [0.2, 0.25) is 0 Å². The number of fused-ring (bicyclic) bond motifs is 1. The lowest BCUT2D eigenvalue weighted by Crippen LogP contribution is -2.02. The predicted molar refractivity (Wildman–Crippen MR) is 89.5 cm³/mol. The van der Waals surface area contributed by atoms with Gasteiger partial charge in [-0.25, -0.2) is 15.0 Å². The first-order valence-electron chi connectivity index (χ1n) is 7.83. The Balaban J connectivity index is 2.12. The fraction of sp³-hybridized carbons (Fsp3) is 0.389. The summed E-state index contributed by atoms with van der Waals surface area (Å²) in [6.45, 7) is 6.41. The third-order valence-electron chi connectivity index (χ3n) is 3.89. The number of rotatable bonds is 5. The summed E-state index contributed by atoms with van der Waals surface area (Å²) >= 11 is 0. The summed E-state index contributed by atoms with van der Waals surface area (Å²) in [5.41, 5.74) is 2.68. The summed E-state index contributed by atoms with van der Waals surface area (Å²) in [4.78, 5) is 13.3. The van der Waals surface area contributed by atoms with Crippen molar-refractivity contribution in [2.45, 2.75) is 33.6 Å². The highest BCUT2D eigenvalue weighted by molar-refractivity contribution is 5.93. The minimum atomic E-state index is 0.637. The molecule has 1 aromatic carbocycles. The van der Waals surface area contributed by atoms with E-state index in [0.717, 1.165) is 46.6 Å². The molecule has 0 spiro atoms. The van der Waals surface area contributed by atoms with E-state index in [1.54, 1.807) is 13.3 Å². The molecule has 0 saturated carbocycles. The molecule has 0 fully saturated rings. The van der Waals surface area contributed by atoms with E-state index >= 15 is 0 Å². The highest BCUT2D eigenvalue weighted by Crippen LogP contribution is 2.37. The smallest absolute Gasteiger partial charge is 0.181 e. The number of oxazole rings is 1. The lowest BCUT2D eigenvalue weighted by Gasteiger charge is -2.13. The Morgan fingerprint density at radius 3 is 2.70 bits per heavy atom. The van der Waals surface area contributed by atoms with E-state index in [-0.39, 0.29) is 0 Å². The monoisotopic (exact) mass is 311 g/mol. The van der Waals surface area contributed by atoms with Gasteiger partial charge >= 0.3 is 0 Å². The minimum absolute atomic E-state index is 0.637. The van der Waals surface area contributed by atoms with Gasteiger partial charge in [0.25, 0.3) is 0 Å². The fourth-order valence-electron chi connectivity index (χ4n) is 2.71. The van der Waals surface area contributed by atoms with Crippen LogP contribution in [0.3, 0.4) is 0 Å². The van der Waals surface area contributed by atoms with E-state index in [1.165, 1.54) is 6.39 Å². The standard InChI is InChI=1S/C18H21N3O2/c1-11(2)5-8-16-20-12(3)17-14(21-16)7-6-13(18(17)22-4)15-9-19-10-23-15/h6-7,9-11H,5,8H2,1-4H3. The fourth-order valence-corrected chi connectivity index (χ4v) is 2.71. The Morgan fingerprint density at radius 1 is 1.22 bits per heavy atom. The van der Waals surface area contributed by atoms with Crippen LogP contribution in [0.15, 0.2) is 29.1 Å². The summed E-state index contributed by atoms with van der Waals surface area (Å²) in [6.07, 6.45) is 5.06. The zero-order valence-corrected chi connectivity index (χ0v) is 14.0. The number of benzene rings is 1. The minimum Gasteiger partial charge on any atom is -0.495 e. The molecule has 2 aromatic heterocycles. The second-order valence-corrected chi connectivity index (χ2v) is 6.06. The van der Waals surface area contributed by atoms with Gasteiger partial charge in [-0.1, -0.05) is 13.8 Å². The second-order valence-electron chi connectivity index (χ2n) is 6.06. The average Bonchev–Trinajstić information content (AvgIpc) is 3.06. The van der Waals surface area contributed by atoms with Gasteiger partial charge in [-0.2, -0.15) is 0 Å². The molecule has 0 unspecified atom stereocenters. The molecule has 0 saturated heterocycles. The largest absolute Gasteiger partial charge is 0.495 e. The Hall–Kier alpha value is -2.43. The summed E-state index contributed by atoms with van der Waals surface area (Å²) in [6, 6.07) is 3.95. The topological polar surface area (TPSA) is 61.0 Å². The van der Waals surface area contributed by atoms with Crippen molar-refractivity contribution in [2.75, 3.05) is 7.11 Å². The molecule has 5 heteroatoms. The van der Waals surface area contributed by atoms with Crippen molar-refractivity contribution in [3.05, 3.63) is 36.2 Å². The molecule has 0 aliphatic heterocycles. The lowest BCUT2D eigenvalue weighted by atomic mass is 10.0. The van der Waals surface area contributed by atoms with Gasteiger partial charge in [0.15, 0.2) is 12.2 Å². The van der Waals surface area contributed by atoms with Crippen molar-refractivity contribution < 1.29 is 9.15 Å². The van der Waals surface area contributed by atoms with Crippen LogP contribution < -0.4 is 4.74 Å². The quantitative estimate of drug-likeness (QED) is 0.707. The number of hydrogen-bond donors (Lipinski definition) is 0. The number of aryl methyl sites for hydroxylation is 2. The van der Waals surface area contributed by atoms with Crippen LogP contribution in [-0.2, 0) is 6.42 Å². The maximum absolute atomic E-state index is 5.63. The van der Waals surface area contributed by atoms with E-state index in [9.17, 15) is 0 Å². The number of methoxy groups -OCH3 is 1. The molecule has 0 bridgehead atoms. The number of hydrogen-bond acceptors (Lipinski definition) is 5. The maximum Gasteiger partial charge on any atom is 0.181 e. The first-order valence-corrected chi connectivity index (χ1v) is 7.83. The summed E-state index contributed by atoms with van der Waals surface area (Å²) < 4.78 is 11.0. The molecular formula is C18H21N3O2. The Morgan fingerprint density at radius 2 is 2.04 bits per heavy atom. The first kappa shape index (κ1) is 15.5. The first-order chi connectivity index (χ1) is 11.1. The number of nitrogens with zero attached hydrogens (tertiary/aromatic N) is 3. The summed E-state index contributed by atoms with van der Waals surface area (Å²) in [7, 11) is 1.65. The van der Waals surface area contributed by atoms with E-state index < -0.39 is 0 Å². The molecule has 0 radical (unpaired) electrons. The average molecular weight is 311 g/mol. The van der Waals surface area contributed by atoms with E-state index in [4.69, 9.17) is 14.1 Å². The highest BCUT2D eigenvalue weighted by atomic mass is 16.5. The van der Waals surface area contributed by atoms with Crippen molar-refractivity contribution in [1.82, 2.24) is 15.0 Å². The molecule has 0 aliphatic carbocycles. The lowest BCUT2D eigenvalue weighted by molar-refractivity contribution is 0.419. The molecule has 0 amide bonds. The molecule has 0 N–H and O–H groups in total.